The minimum Gasteiger partial charge on any atom is -0.347 e. The van der Waals surface area contributed by atoms with Crippen molar-refractivity contribution in [3.05, 3.63) is 70.2 Å². The summed E-state index contributed by atoms with van der Waals surface area (Å²) in [5, 5.41) is 0.633. The largest absolute Gasteiger partial charge is 0.347 e. The molecule has 0 radical (unpaired) electrons. The van der Waals surface area contributed by atoms with E-state index < -0.39 is 0 Å². The smallest absolute Gasteiger partial charge is 0.193 e. The number of halogens is 1. The lowest BCUT2D eigenvalue weighted by Crippen LogP contribution is -2.44. The topological polar surface area (TPSA) is 38.8 Å². The maximum absolute atomic E-state index is 12.9. The number of benzene rings is 2. The summed E-state index contributed by atoms with van der Waals surface area (Å²) >= 11 is 5.94. The van der Waals surface area contributed by atoms with Crippen LogP contribution in [0.2, 0.25) is 5.02 Å². The summed E-state index contributed by atoms with van der Waals surface area (Å²) in [5.41, 5.74) is 2.47. The van der Waals surface area contributed by atoms with Gasteiger partial charge < -0.3 is 9.47 Å². The van der Waals surface area contributed by atoms with Crippen LogP contribution in [0.15, 0.2) is 48.5 Å². The highest BCUT2D eigenvalue weighted by molar-refractivity contribution is 6.30. The van der Waals surface area contributed by atoms with Gasteiger partial charge >= 0.3 is 0 Å². The Morgan fingerprint density at radius 2 is 1.65 bits per heavy atom. The summed E-state index contributed by atoms with van der Waals surface area (Å²) in [6.45, 7) is 3.95. The van der Waals surface area contributed by atoms with Gasteiger partial charge in [-0.25, -0.2) is 0 Å². The minimum absolute atomic E-state index is 0.0354. The van der Waals surface area contributed by atoms with Crippen LogP contribution in [0.1, 0.15) is 34.3 Å². The molecule has 0 saturated carbocycles. The minimum atomic E-state index is -0.366. The molecule has 0 unspecified atom stereocenters. The average Bonchev–Trinajstić information content (AvgIpc) is 3.12. The zero-order valence-electron chi connectivity index (χ0n) is 14.6. The number of likely N-dealkylation sites (tertiary alicyclic amines) is 1. The molecular weight excluding hydrogens is 350 g/mol. The van der Waals surface area contributed by atoms with Gasteiger partial charge in [-0.15, -0.1) is 0 Å². The van der Waals surface area contributed by atoms with Crippen LogP contribution in [0.5, 0.6) is 0 Å². The van der Waals surface area contributed by atoms with Gasteiger partial charge in [0.15, 0.2) is 11.6 Å². The van der Waals surface area contributed by atoms with Crippen molar-refractivity contribution in [2.24, 2.45) is 0 Å². The molecule has 2 heterocycles. The first-order valence-electron chi connectivity index (χ1n) is 9.04. The second kappa shape index (κ2) is 7.49. The van der Waals surface area contributed by atoms with Crippen LogP contribution in [0.4, 0.5) is 0 Å². The normalized spacial score (nSPS) is 19.7. The second-order valence-electron chi connectivity index (χ2n) is 6.88. The molecule has 2 aromatic rings. The Kier molecular flexibility index (Phi) is 5.09. The highest BCUT2D eigenvalue weighted by Gasteiger charge is 2.39. The third-order valence-electron chi connectivity index (χ3n) is 5.19. The zero-order chi connectivity index (χ0) is 18.0. The molecule has 136 valence electrons. The highest BCUT2D eigenvalue weighted by Crippen LogP contribution is 2.32. The molecule has 5 heteroatoms. The maximum Gasteiger partial charge on any atom is 0.193 e. The zero-order valence-corrected chi connectivity index (χ0v) is 15.4. The lowest BCUT2D eigenvalue weighted by molar-refractivity contribution is -0.185. The standard InChI is InChI=1S/C21H22ClNO3/c22-18-7-5-16(6-8-18)20(24)19-4-2-1-3-17(19)15-23-11-9-21(10-12-23)25-13-14-26-21/h1-8H,9-15H2. The Labute approximate surface area is 158 Å². The van der Waals surface area contributed by atoms with Crippen molar-refractivity contribution in [2.45, 2.75) is 25.2 Å². The van der Waals surface area contributed by atoms with E-state index in [9.17, 15) is 4.79 Å². The monoisotopic (exact) mass is 371 g/mol. The van der Waals surface area contributed by atoms with E-state index in [2.05, 4.69) is 4.90 Å². The summed E-state index contributed by atoms with van der Waals surface area (Å²) in [6, 6.07) is 14.9. The van der Waals surface area contributed by atoms with Crippen molar-refractivity contribution in [3.63, 3.8) is 0 Å². The number of hydrogen-bond acceptors (Lipinski definition) is 4. The molecule has 2 aliphatic heterocycles. The summed E-state index contributed by atoms with van der Waals surface area (Å²) in [7, 11) is 0. The molecule has 26 heavy (non-hydrogen) atoms. The SMILES string of the molecule is O=C(c1ccc(Cl)cc1)c1ccccc1CN1CCC2(CC1)OCCO2. The summed E-state index contributed by atoms with van der Waals surface area (Å²) in [4.78, 5) is 15.3. The number of ketones is 1. The van der Waals surface area contributed by atoms with Crippen molar-refractivity contribution < 1.29 is 14.3 Å². The number of nitrogens with zero attached hydrogens (tertiary/aromatic N) is 1. The maximum atomic E-state index is 12.9. The van der Waals surface area contributed by atoms with E-state index in [1.165, 1.54) is 0 Å². The molecule has 0 atom stereocenters. The molecule has 0 aromatic heterocycles. The Morgan fingerprint density at radius 3 is 2.35 bits per heavy atom. The molecular formula is C21H22ClNO3. The lowest BCUT2D eigenvalue weighted by atomic mass is 9.97. The van der Waals surface area contributed by atoms with Crippen molar-refractivity contribution >= 4 is 17.4 Å². The summed E-state index contributed by atoms with van der Waals surface area (Å²) in [5.74, 6) is -0.331. The first-order valence-corrected chi connectivity index (χ1v) is 9.41. The Hall–Kier alpha value is -1.72. The predicted molar refractivity (Wildman–Crippen MR) is 100 cm³/mol. The van der Waals surface area contributed by atoms with Crippen LogP contribution in [-0.4, -0.2) is 42.8 Å². The second-order valence-corrected chi connectivity index (χ2v) is 7.31. The molecule has 0 bridgehead atoms. The summed E-state index contributed by atoms with van der Waals surface area (Å²) < 4.78 is 11.6. The van der Waals surface area contributed by atoms with Gasteiger partial charge in [-0.1, -0.05) is 35.9 Å². The van der Waals surface area contributed by atoms with Gasteiger partial charge in [0, 0.05) is 48.6 Å². The first kappa shape index (κ1) is 17.7. The lowest BCUT2D eigenvalue weighted by Gasteiger charge is -2.37. The Balaban J connectivity index is 1.48. The molecule has 2 aromatic carbocycles. The van der Waals surface area contributed by atoms with Gasteiger partial charge in [-0.3, -0.25) is 9.69 Å². The fourth-order valence-corrected chi connectivity index (χ4v) is 3.84. The third kappa shape index (κ3) is 3.69. The molecule has 0 N–H and O–H groups in total. The molecule has 4 nitrogen and oxygen atoms in total. The molecule has 2 aliphatic rings. The van der Waals surface area contributed by atoms with E-state index in [-0.39, 0.29) is 11.6 Å². The molecule has 0 aliphatic carbocycles. The number of carbonyl (C=O) groups is 1. The number of carbonyl (C=O) groups excluding carboxylic acids is 1. The van der Waals surface area contributed by atoms with Crippen LogP contribution >= 0.6 is 11.6 Å². The first-order chi connectivity index (χ1) is 12.7. The predicted octanol–water partition coefficient (Wildman–Crippen LogP) is 3.91. The van der Waals surface area contributed by atoms with Gasteiger partial charge in [-0.05, 0) is 29.8 Å². The molecule has 2 saturated heterocycles. The van der Waals surface area contributed by atoms with Crippen molar-refractivity contribution in [3.8, 4) is 0 Å². The molecule has 1 spiro atoms. The van der Waals surface area contributed by atoms with Crippen LogP contribution < -0.4 is 0 Å². The van der Waals surface area contributed by atoms with Crippen LogP contribution in [-0.2, 0) is 16.0 Å². The Morgan fingerprint density at radius 1 is 1.00 bits per heavy atom. The highest BCUT2D eigenvalue weighted by atomic mass is 35.5. The average molecular weight is 372 g/mol. The molecule has 2 fully saturated rings. The van der Waals surface area contributed by atoms with E-state index in [0.29, 0.717) is 23.8 Å². The van der Waals surface area contributed by atoms with Gasteiger partial charge in [0.25, 0.3) is 0 Å². The van der Waals surface area contributed by atoms with Gasteiger partial charge in [0.2, 0.25) is 0 Å². The van der Waals surface area contributed by atoms with E-state index in [1.54, 1.807) is 24.3 Å². The van der Waals surface area contributed by atoms with E-state index >= 15 is 0 Å². The Bertz CT molecular complexity index is 774. The quantitative estimate of drug-likeness (QED) is 0.764. The summed E-state index contributed by atoms with van der Waals surface area (Å²) in [6.07, 6.45) is 1.75. The number of hydrogen-bond donors (Lipinski definition) is 0. The van der Waals surface area contributed by atoms with E-state index in [0.717, 1.165) is 43.6 Å². The van der Waals surface area contributed by atoms with Crippen LogP contribution in [0.25, 0.3) is 0 Å². The third-order valence-corrected chi connectivity index (χ3v) is 5.45. The van der Waals surface area contributed by atoms with Gasteiger partial charge in [0.1, 0.15) is 0 Å². The molecule has 0 amide bonds. The van der Waals surface area contributed by atoms with Crippen molar-refractivity contribution in [1.82, 2.24) is 4.90 Å². The fraction of sp³-hybridized carbons (Fsp3) is 0.381. The van der Waals surface area contributed by atoms with E-state index in [4.69, 9.17) is 21.1 Å². The van der Waals surface area contributed by atoms with Crippen LogP contribution in [0.3, 0.4) is 0 Å². The molecule has 4 rings (SSSR count). The number of ether oxygens (including phenoxy) is 2. The van der Waals surface area contributed by atoms with Gasteiger partial charge in [-0.2, -0.15) is 0 Å². The van der Waals surface area contributed by atoms with Crippen LogP contribution in [0, 0.1) is 0 Å². The fourth-order valence-electron chi connectivity index (χ4n) is 3.71. The van der Waals surface area contributed by atoms with Gasteiger partial charge in [0.05, 0.1) is 13.2 Å². The van der Waals surface area contributed by atoms with Crippen molar-refractivity contribution in [1.29, 1.82) is 0 Å². The number of piperidine rings is 1. The number of rotatable bonds is 4. The van der Waals surface area contributed by atoms with Crippen molar-refractivity contribution in [2.75, 3.05) is 26.3 Å². The van der Waals surface area contributed by atoms with E-state index in [1.807, 2.05) is 24.3 Å².